The van der Waals surface area contributed by atoms with E-state index in [9.17, 15) is 4.79 Å². The van der Waals surface area contributed by atoms with E-state index in [4.69, 9.17) is 17.3 Å². The van der Waals surface area contributed by atoms with Crippen molar-refractivity contribution in [3.05, 3.63) is 17.4 Å². The maximum Gasteiger partial charge on any atom is 0.222 e. The smallest absolute Gasteiger partial charge is 0.222 e. The number of carbonyl (C=O) groups is 1. The van der Waals surface area contributed by atoms with E-state index in [1.165, 1.54) is 12.4 Å². The van der Waals surface area contributed by atoms with Gasteiger partial charge in [0.1, 0.15) is 0 Å². The van der Waals surface area contributed by atoms with Gasteiger partial charge in [-0.25, -0.2) is 9.97 Å². The van der Waals surface area contributed by atoms with Crippen LogP contribution < -0.4 is 11.1 Å². The second kappa shape index (κ2) is 4.65. The molecule has 3 N–H and O–H groups in total. The molecule has 1 fully saturated rings. The van der Waals surface area contributed by atoms with Gasteiger partial charge in [0.25, 0.3) is 0 Å². The van der Waals surface area contributed by atoms with Gasteiger partial charge in [-0.1, -0.05) is 18.0 Å². The van der Waals surface area contributed by atoms with Crippen molar-refractivity contribution in [3.63, 3.8) is 0 Å². The van der Waals surface area contributed by atoms with Gasteiger partial charge < -0.3 is 11.1 Å². The first-order chi connectivity index (χ1) is 7.66. The number of nitrogens with zero attached hydrogens (tertiary/aromatic N) is 2. The third kappa shape index (κ3) is 2.41. The highest BCUT2D eigenvalue weighted by Gasteiger charge is 2.31. The summed E-state index contributed by atoms with van der Waals surface area (Å²) >= 11 is 5.68. The van der Waals surface area contributed by atoms with Crippen LogP contribution in [0, 0.1) is 5.92 Å². The highest BCUT2D eigenvalue weighted by Crippen LogP contribution is 2.27. The zero-order chi connectivity index (χ0) is 11.5. The molecule has 1 amide bonds. The van der Waals surface area contributed by atoms with Crippen LogP contribution in [0.2, 0.25) is 5.02 Å². The van der Waals surface area contributed by atoms with E-state index in [2.05, 4.69) is 15.3 Å². The monoisotopic (exact) mass is 240 g/mol. The summed E-state index contributed by atoms with van der Waals surface area (Å²) in [6.45, 7) is 0. The Morgan fingerprint density at radius 2 is 2.12 bits per heavy atom. The Morgan fingerprint density at radius 3 is 2.75 bits per heavy atom. The molecule has 0 radical (unpaired) electrons. The molecule has 0 aromatic carbocycles. The third-order valence-electron chi connectivity index (χ3n) is 2.82. The standard InChI is InChI=1S/C10H13ClN4O/c11-6-4-13-10(14-5-6)15-8-3-1-2-7(8)9(12)16/h4-5,7-8H,1-3H2,(H2,12,16)(H,13,14,15)/t7-,8-/m0/s1. The maximum atomic E-state index is 11.2. The van der Waals surface area contributed by atoms with Gasteiger partial charge in [-0.15, -0.1) is 0 Å². The summed E-state index contributed by atoms with van der Waals surface area (Å²) < 4.78 is 0. The van der Waals surface area contributed by atoms with Crippen LogP contribution in [0.5, 0.6) is 0 Å². The molecule has 1 aliphatic carbocycles. The highest BCUT2D eigenvalue weighted by atomic mass is 35.5. The summed E-state index contributed by atoms with van der Waals surface area (Å²) in [6, 6.07) is 0.0404. The van der Waals surface area contributed by atoms with Crippen LogP contribution >= 0.6 is 11.6 Å². The van der Waals surface area contributed by atoms with Crippen molar-refractivity contribution >= 4 is 23.5 Å². The van der Waals surface area contributed by atoms with Crippen LogP contribution in [0.4, 0.5) is 5.95 Å². The van der Waals surface area contributed by atoms with E-state index in [1.807, 2.05) is 0 Å². The summed E-state index contributed by atoms with van der Waals surface area (Å²) in [7, 11) is 0. The normalized spacial score (nSPS) is 24.3. The topological polar surface area (TPSA) is 80.9 Å². The number of halogens is 1. The third-order valence-corrected chi connectivity index (χ3v) is 3.01. The summed E-state index contributed by atoms with van der Waals surface area (Å²) in [4.78, 5) is 19.2. The zero-order valence-electron chi connectivity index (χ0n) is 8.69. The van der Waals surface area contributed by atoms with Gasteiger partial charge in [0, 0.05) is 6.04 Å². The van der Waals surface area contributed by atoms with Gasteiger partial charge in [0.2, 0.25) is 11.9 Å². The van der Waals surface area contributed by atoms with E-state index >= 15 is 0 Å². The van der Waals surface area contributed by atoms with Gasteiger partial charge in [-0.2, -0.15) is 0 Å². The van der Waals surface area contributed by atoms with E-state index in [0.717, 1.165) is 19.3 Å². The van der Waals surface area contributed by atoms with E-state index in [1.54, 1.807) is 0 Å². The molecule has 0 bridgehead atoms. The molecule has 0 saturated heterocycles. The molecule has 1 heterocycles. The number of hydrogen-bond donors (Lipinski definition) is 2. The Balaban J connectivity index is 2.03. The van der Waals surface area contributed by atoms with Gasteiger partial charge in [-0.05, 0) is 12.8 Å². The molecule has 0 unspecified atom stereocenters. The molecule has 5 nitrogen and oxygen atoms in total. The highest BCUT2D eigenvalue weighted by molar-refractivity contribution is 6.30. The van der Waals surface area contributed by atoms with Gasteiger partial charge >= 0.3 is 0 Å². The Labute approximate surface area is 98.4 Å². The summed E-state index contributed by atoms with van der Waals surface area (Å²) in [5.74, 6) is 0.103. The number of carbonyl (C=O) groups excluding carboxylic acids is 1. The lowest BCUT2D eigenvalue weighted by Gasteiger charge is -2.17. The summed E-state index contributed by atoms with van der Waals surface area (Å²) in [5, 5.41) is 3.61. The number of rotatable bonds is 3. The number of amides is 1. The molecule has 2 rings (SSSR count). The zero-order valence-corrected chi connectivity index (χ0v) is 9.44. The van der Waals surface area contributed by atoms with Gasteiger partial charge in [-0.3, -0.25) is 4.79 Å². The second-order valence-corrected chi connectivity index (χ2v) is 4.35. The average molecular weight is 241 g/mol. The van der Waals surface area contributed by atoms with Gasteiger partial charge in [0.05, 0.1) is 23.3 Å². The van der Waals surface area contributed by atoms with E-state index in [0.29, 0.717) is 11.0 Å². The minimum atomic E-state index is -0.260. The fourth-order valence-corrected chi connectivity index (χ4v) is 2.12. The first kappa shape index (κ1) is 11.1. The molecule has 86 valence electrons. The van der Waals surface area contributed by atoms with Crippen LogP contribution in [0.1, 0.15) is 19.3 Å². The Hall–Kier alpha value is -1.36. The SMILES string of the molecule is NC(=O)[C@H]1CCC[C@@H]1Nc1ncc(Cl)cn1. The predicted molar refractivity (Wildman–Crippen MR) is 61.0 cm³/mol. The van der Waals surface area contributed by atoms with Crippen LogP contribution in [0.15, 0.2) is 12.4 Å². The quantitative estimate of drug-likeness (QED) is 0.832. The molecular weight excluding hydrogens is 228 g/mol. The molecule has 1 aromatic heterocycles. The van der Waals surface area contributed by atoms with Crippen molar-refractivity contribution in [2.45, 2.75) is 25.3 Å². The molecule has 2 atom stereocenters. The largest absolute Gasteiger partial charge is 0.369 e. The molecule has 0 spiro atoms. The van der Waals surface area contributed by atoms with Crippen molar-refractivity contribution in [1.82, 2.24) is 9.97 Å². The van der Waals surface area contributed by atoms with Crippen molar-refractivity contribution in [2.75, 3.05) is 5.32 Å². The molecule has 6 heteroatoms. The lowest BCUT2D eigenvalue weighted by atomic mass is 10.0. The molecule has 1 saturated carbocycles. The number of nitrogens with one attached hydrogen (secondary N) is 1. The lowest BCUT2D eigenvalue weighted by Crippen LogP contribution is -2.34. The van der Waals surface area contributed by atoms with E-state index < -0.39 is 0 Å². The van der Waals surface area contributed by atoms with Crippen molar-refractivity contribution in [1.29, 1.82) is 0 Å². The molecule has 1 aromatic rings. The van der Waals surface area contributed by atoms with Crippen molar-refractivity contribution in [2.24, 2.45) is 11.7 Å². The van der Waals surface area contributed by atoms with Crippen LogP contribution in [-0.2, 0) is 4.79 Å². The molecule has 0 aliphatic heterocycles. The number of aromatic nitrogens is 2. The minimum absolute atomic E-state index is 0.0404. The Morgan fingerprint density at radius 1 is 1.44 bits per heavy atom. The van der Waals surface area contributed by atoms with Crippen LogP contribution in [0.3, 0.4) is 0 Å². The average Bonchev–Trinajstić information content (AvgIpc) is 2.69. The molecular formula is C10H13ClN4O. The maximum absolute atomic E-state index is 11.2. The van der Waals surface area contributed by atoms with Crippen molar-refractivity contribution in [3.8, 4) is 0 Å². The van der Waals surface area contributed by atoms with Gasteiger partial charge in [0.15, 0.2) is 0 Å². The van der Waals surface area contributed by atoms with Crippen molar-refractivity contribution < 1.29 is 4.79 Å². The first-order valence-electron chi connectivity index (χ1n) is 5.20. The molecule has 16 heavy (non-hydrogen) atoms. The predicted octanol–water partition coefficient (Wildman–Crippen LogP) is 1.20. The second-order valence-electron chi connectivity index (χ2n) is 3.92. The Kier molecular flexibility index (Phi) is 3.24. The molecule has 1 aliphatic rings. The summed E-state index contributed by atoms with van der Waals surface area (Å²) in [5.41, 5.74) is 5.33. The van der Waals surface area contributed by atoms with Crippen LogP contribution in [0.25, 0.3) is 0 Å². The van der Waals surface area contributed by atoms with E-state index in [-0.39, 0.29) is 17.9 Å². The number of nitrogens with two attached hydrogens (primary N) is 1. The minimum Gasteiger partial charge on any atom is -0.369 e. The number of anilines is 1. The number of primary amides is 1. The van der Waals surface area contributed by atoms with Crippen LogP contribution in [-0.4, -0.2) is 21.9 Å². The number of hydrogen-bond acceptors (Lipinski definition) is 4. The Bertz CT molecular complexity index is 381. The lowest BCUT2D eigenvalue weighted by molar-refractivity contribution is -0.121. The fraction of sp³-hybridized carbons (Fsp3) is 0.500. The fourth-order valence-electron chi connectivity index (χ4n) is 2.03. The first-order valence-corrected chi connectivity index (χ1v) is 5.58. The summed E-state index contributed by atoms with van der Waals surface area (Å²) in [6.07, 6.45) is 5.79.